The fourth-order valence-electron chi connectivity index (χ4n) is 1.61. The van der Waals surface area contributed by atoms with Gasteiger partial charge >= 0.3 is 6.61 Å². The minimum absolute atomic E-state index is 0.0112. The average Bonchev–Trinajstić information content (AvgIpc) is 2.44. The third-order valence-electron chi connectivity index (χ3n) is 2.60. The zero-order valence-corrected chi connectivity index (χ0v) is 13.4. The Hall–Kier alpha value is -1.64. The number of hydrogen-bond donors (Lipinski definition) is 1. The van der Waals surface area contributed by atoms with Crippen molar-refractivity contribution in [3.8, 4) is 5.75 Å². The predicted molar refractivity (Wildman–Crippen MR) is 80.3 cm³/mol. The van der Waals surface area contributed by atoms with Crippen molar-refractivity contribution in [2.45, 2.75) is 11.5 Å². The molecule has 0 aliphatic carbocycles. The van der Waals surface area contributed by atoms with Gasteiger partial charge in [0.05, 0.1) is 20.6 Å². The molecule has 2 aromatic carbocycles. The summed E-state index contributed by atoms with van der Waals surface area (Å²) in [7, 11) is -4.05. The number of ether oxygens (including phenoxy) is 1. The Bertz CT molecular complexity index is 831. The lowest BCUT2D eigenvalue weighted by molar-refractivity contribution is -0.0497. The van der Waals surface area contributed by atoms with Crippen molar-refractivity contribution < 1.29 is 26.3 Å². The first-order chi connectivity index (χ1) is 10.7. The van der Waals surface area contributed by atoms with Crippen molar-refractivity contribution in [1.29, 1.82) is 0 Å². The summed E-state index contributed by atoms with van der Waals surface area (Å²) < 4.78 is 67.9. The molecule has 0 aliphatic rings. The molecule has 4 nitrogen and oxygen atoms in total. The number of halogens is 5. The molecule has 0 saturated carbocycles. The Balaban J connectivity index is 2.26. The standard InChI is InChI=1S/C13H8Cl2F3NO3S/c14-9-6-8(2-3-11(9)16)23(20,21)19-7-1-4-12(10(15)5-7)22-13(17)18/h1-6,13,19H. The van der Waals surface area contributed by atoms with Crippen LogP contribution in [0.2, 0.25) is 10.0 Å². The molecule has 1 N–H and O–H groups in total. The largest absolute Gasteiger partial charge is 0.433 e. The predicted octanol–water partition coefficient (Wildman–Crippen LogP) is 4.53. The number of rotatable bonds is 5. The highest BCUT2D eigenvalue weighted by atomic mass is 35.5. The summed E-state index contributed by atoms with van der Waals surface area (Å²) in [5, 5.41) is -0.561. The zero-order chi connectivity index (χ0) is 17.2. The van der Waals surface area contributed by atoms with Gasteiger partial charge in [0.25, 0.3) is 10.0 Å². The highest BCUT2D eigenvalue weighted by Gasteiger charge is 2.17. The van der Waals surface area contributed by atoms with Gasteiger partial charge in [-0.2, -0.15) is 8.78 Å². The molecule has 0 heterocycles. The van der Waals surface area contributed by atoms with Gasteiger partial charge in [0, 0.05) is 0 Å². The van der Waals surface area contributed by atoms with Crippen molar-refractivity contribution in [3.63, 3.8) is 0 Å². The molecule has 0 amide bonds. The van der Waals surface area contributed by atoms with E-state index < -0.39 is 22.5 Å². The van der Waals surface area contributed by atoms with Crippen LogP contribution in [-0.4, -0.2) is 15.0 Å². The van der Waals surface area contributed by atoms with Crippen molar-refractivity contribution in [2.75, 3.05) is 4.72 Å². The summed E-state index contributed by atoms with van der Waals surface area (Å²) >= 11 is 11.3. The molecule has 0 spiro atoms. The molecule has 0 bridgehead atoms. The van der Waals surface area contributed by atoms with Gasteiger partial charge in [-0.3, -0.25) is 4.72 Å². The van der Waals surface area contributed by atoms with Crippen LogP contribution in [-0.2, 0) is 10.0 Å². The first-order valence-corrected chi connectivity index (χ1v) is 8.15. The Labute approximate surface area is 139 Å². The van der Waals surface area contributed by atoms with Crippen molar-refractivity contribution in [1.82, 2.24) is 0 Å². The number of alkyl halides is 2. The molecule has 23 heavy (non-hydrogen) atoms. The van der Waals surface area contributed by atoms with E-state index in [2.05, 4.69) is 9.46 Å². The monoisotopic (exact) mass is 385 g/mol. The molecule has 0 aromatic heterocycles. The number of nitrogens with one attached hydrogen (secondary N) is 1. The summed E-state index contributed by atoms with van der Waals surface area (Å²) in [6.07, 6.45) is 0. The van der Waals surface area contributed by atoms with Crippen molar-refractivity contribution >= 4 is 38.9 Å². The Morgan fingerprint density at radius 1 is 1.04 bits per heavy atom. The highest BCUT2D eigenvalue weighted by Crippen LogP contribution is 2.30. The maximum absolute atomic E-state index is 13.1. The zero-order valence-electron chi connectivity index (χ0n) is 11.1. The van der Waals surface area contributed by atoms with Gasteiger partial charge in [0.1, 0.15) is 11.6 Å². The first-order valence-electron chi connectivity index (χ1n) is 5.91. The molecule has 2 aromatic rings. The van der Waals surface area contributed by atoms with Crippen molar-refractivity contribution in [2.24, 2.45) is 0 Å². The average molecular weight is 386 g/mol. The van der Waals surface area contributed by atoms with Crippen LogP contribution in [0.25, 0.3) is 0 Å². The summed E-state index contributed by atoms with van der Waals surface area (Å²) in [5.74, 6) is -1.06. The summed E-state index contributed by atoms with van der Waals surface area (Å²) in [6.45, 7) is -3.06. The van der Waals surface area contributed by atoms with Crippen LogP contribution in [0.3, 0.4) is 0 Å². The van der Waals surface area contributed by atoms with E-state index in [1.165, 1.54) is 6.07 Å². The normalized spacial score (nSPS) is 11.6. The Morgan fingerprint density at radius 3 is 2.30 bits per heavy atom. The number of sulfonamides is 1. The van der Waals surface area contributed by atoms with E-state index in [1.807, 2.05) is 0 Å². The van der Waals surface area contributed by atoms with E-state index in [4.69, 9.17) is 23.2 Å². The fraction of sp³-hybridized carbons (Fsp3) is 0.0769. The van der Waals surface area contributed by atoms with E-state index in [1.54, 1.807) is 0 Å². The molecule has 10 heteroatoms. The molecule has 0 saturated heterocycles. The molecule has 0 atom stereocenters. The second-order valence-corrected chi connectivity index (χ2v) is 6.70. The third kappa shape index (κ3) is 4.43. The first kappa shape index (κ1) is 17.7. The van der Waals surface area contributed by atoms with Gasteiger partial charge in [-0.05, 0) is 36.4 Å². The molecule has 0 aliphatic heterocycles. The van der Waals surface area contributed by atoms with Crippen LogP contribution in [0, 0.1) is 5.82 Å². The lowest BCUT2D eigenvalue weighted by Crippen LogP contribution is -2.13. The number of benzene rings is 2. The summed E-state index contributed by atoms with van der Waals surface area (Å²) in [4.78, 5) is -0.270. The lowest BCUT2D eigenvalue weighted by Gasteiger charge is -2.11. The summed E-state index contributed by atoms with van der Waals surface area (Å²) in [6, 6.07) is 6.25. The third-order valence-corrected chi connectivity index (χ3v) is 4.57. The van der Waals surface area contributed by atoms with Crippen LogP contribution in [0.1, 0.15) is 0 Å². The molecule has 0 fully saturated rings. The fourth-order valence-corrected chi connectivity index (χ4v) is 3.16. The molecular formula is C13H8Cl2F3NO3S. The van der Waals surface area contributed by atoms with Crippen LogP contribution >= 0.6 is 23.2 Å². The highest BCUT2D eigenvalue weighted by molar-refractivity contribution is 7.92. The number of hydrogen-bond acceptors (Lipinski definition) is 3. The smallest absolute Gasteiger partial charge is 0.387 e. The van der Waals surface area contributed by atoms with Gasteiger partial charge in [0.2, 0.25) is 0 Å². The van der Waals surface area contributed by atoms with Gasteiger partial charge in [-0.25, -0.2) is 12.8 Å². The van der Waals surface area contributed by atoms with Crippen LogP contribution in [0.5, 0.6) is 5.75 Å². The van der Waals surface area contributed by atoms with Crippen LogP contribution in [0.15, 0.2) is 41.3 Å². The molecule has 0 radical (unpaired) electrons. The SMILES string of the molecule is O=S(=O)(Nc1ccc(OC(F)F)c(Cl)c1)c1ccc(F)c(Cl)c1. The molecule has 0 unspecified atom stereocenters. The molecule has 124 valence electrons. The number of anilines is 1. The second kappa shape index (κ2) is 6.86. The van der Waals surface area contributed by atoms with Gasteiger partial charge in [0.15, 0.2) is 0 Å². The van der Waals surface area contributed by atoms with E-state index >= 15 is 0 Å². The Kier molecular flexibility index (Phi) is 5.28. The quantitative estimate of drug-likeness (QED) is 0.821. The van der Waals surface area contributed by atoms with E-state index in [-0.39, 0.29) is 26.4 Å². The van der Waals surface area contributed by atoms with Crippen LogP contribution in [0.4, 0.5) is 18.9 Å². The van der Waals surface area contributed by atoms with E-state index in [0.29, 0.717) is 0 Å². The minimum atomic E-state index is -4.05. The van der Waals surface area contributed by atoms with E-state index in [0.717, 1.165) is 30.3 Å². The van der Waals surface area contributed by atoms with Gasteiger partial charge in [-0.15, -0.1) is 0 Å². The lowest BCUT2D eigenvalue weighted by atomic mass is 10.3. The van der Waals surface area contributed by atoms with Crippen molar-refractivity contribution in [3.05, 3.63) is 52.3 Å². The van der Waals surface area contributed by atoms with Gasteiger partial charge < -0.3 is 4.74 Å². The minimum Gasteiger partial charge on any atom is -0.433 e. The van der Waals surface area contributed by atoms with E-state index in [9.17, 15) is 21.6 Å². The summed E-state index contributed by atoms with van der Waals surface area (Å²) in [5.41, 5.74) is 0.0112. The van der Waals surface area contributed by atoms with Crippen LogP contribution < -0.4 is 9.46 Å². The topological polar surface area (TPSA) is 55.4 Å². The molecular weight excluding hydrogens is 378 g/mol. The maximum atomic E-state index is 13.1. The second-order valence-electron chi connectivity index (χ2n) is 4.21. The van der Waals surface area contributed by atoms with Gasteiger partial charge in [-0.1, -0.05) is 23.2 Å². The molecule has 2 rings (SSSR count). The maximum Gasteiger partial charge on any atom is 0.387 e. The Morgan fingerprint density at radius 2 is 1.74 bits per heavy atom.